The minimum atomic E-state index is 0.371. The molecule has 0 bridgehead atoms. The topological polar surface area (TPSA) is 46.2 Å². The van der Waals surface area contributed by atoms with Crippen LogP contribution < -0.4 is 10.6 Å². The summed E-state index contributed by atoms with van der Waals surface area (Å²) in [6, 6.07) is 4.04. The Morgan fingerprint density at radius 2 is 2.41 bits per heavy atom. The van der Waals surface area contributed by atoms with Crippen molar-refractivity contribution in [3.8, 4) is 0 Å². The molecule has 17 heavy (non-hydrogen) atoms. The van der Waals surface area contributed by atoms with Gasteiger partial charge in [-0.3, -0.25) is 0 Å². The van der Waals surface area contributed by atoms with E-state index in [1.165, 1.54) is 12.8 Å². The van der Waals surface area contributed by atoms with Crippen LogP contribution >= 0.6 is 0 Å². The van der Waals surface area contributed by atoms with Crippen LogP contribution in [0, 0.1) is 0 Å². The molecule has 0 amide bonds. The van der Waals surface area contributed by atoms with E-state index in [2.05, 4.69) is 22.5 Å². The van der Waals surface area contributed by atoms with Crippen molar-refractivity contribution in [2.75, 3.05) is 30.3 Å². The van der Waals surface area contributed by atoms with Gasteiger partial charge in [0.2, 0.25) is 0 Å². The van der Waals surface area contributed by atoms with Crippen LogP contribution in [0.25, 0.3) is 0 Å². The molecule has 94 valence electrons. The molecule has 0 aliphatic carbocycles. The fraction of sp³-hybridized carbons (Fsp3) is 0.615. The molecule has 1 unspecified atom stereocenters. The Balaban J connectivity index is 1.82. The highest BCUT2D eigenvalue weighted by Gasteiger charge is 2.14. The quantitative estimate of drug-likeness (QED) is 0.795. The molecule has 0 spiro atoms. The molecule has 0 radical (unpaired) electrons. The predicted octanol–water partition coefficient (Wildman–Crippen LogP) is 2.49. The van der Waals surface area contributed by atoms with Crippen LogP contribution in [0.15, 0.2) is 18.3 Å². The monoisotopic (exact) mass is 235 g/mol. The van der Waals surface area contributed by atoms with E-state index in [4.69, 9.17) is 4.74 Å². The van der Waals surface area contributed by atoms with Gasteiger partial charge in [-0.2, -0.15) is 0 Å². The number of ether oxygens (including phenoxy) is 1. The van der Waals surface area contributed by atoms with Crippen LogP contribution in [0.4, 0.5) is 11.5 Å². The Bertz CT molecular complexity index is 337. The van der Waals surface area contributed by atoms with Gasteiger partial charge in [0.1, 0.15) is 5.82 Å². The van der Waals surface area contributed by atoms with Crippen LogP contribution in [-0.2, 0) is 4.74 Å². The third-order valence-corrected chi connectivity index (χ3v) is 2.87. The van der Waals surface area contributed by atoms with Gasteiger partial charge in [-0.05, 0) is 25.3 Å². The van der Waals surface area contributed by atoms with Gasteiger partial charge < -0.3 is 15.4 Å². The molecule has 1 saturated heterocycles. The summed E-state index contributed by atoms with van der Waals surface area (Å²) < 4.78 is 5.58. The first kappa shape index (κ1) is 12.2. The fourth-order valence-electron chi connectivity index (χ4n) is 1.93. The van der Waals surface area contributed by atoms with Gasteiger partial charge in [-0.25, -0.2) is 4.98 Å². The SMILES string of the molecule is CCCNc1cc(NCC2CCCO2)ccn1. The van der Waals surface area contributed by atoms with Crippen molar-refractivity contribution in [2.45, 2.75) is 32.3 Å². The average molecular weight is 235 g/mol. The zero-order valence-corrected chi connectivity index (χ0v) is 10.4. The molecule has 1 aliphatic rings. The Morgan fingerprint density at radius 3 is 3.18 bits per heavy atom. The summed E-state index contributed by atoms with van der Waals surface area (Å²) in [5.74, 6) is 0.934. The Kier molecular flexibility index (Phi) is 4.62. The van der Waals surface area contributed by atoms with E-state index in [9.17, 15) is 0 Å². The Labute approximate surface area is 103 Å². The first-order chi connectivity index (χ1) is 8.38. The van der Waals surface area contributed by atoms with E-state index in [1.54, 1.807) is 0 Å². The van der Waals surface area contributed by atoms with Crippen LogP contribution in [0.1, 0.15) is 26.2 Å². The van der Waals surface area contributed by atoms with E-state index >= 15 is 0 Å². The van der Waals surface area contributed by atoms with E-state index in [0.29, 0.717) is 6.10 Å². The summed E-state index contributed by atoms with van der Waals surface area (Å²) in [5.41, 5.74) is 1.11. The summed E-state index contributed by atoms with van der Waals surface area (Å²) >= 11 is 0. The van der Waals surface area contributed by atoms with E-state index in [1.807, 2.05) is 18.3 Å². The lowest BCUT2D eigenvalue weighted by Gasteiger charge is -2.12. The number of aromatic nitrogens is 1. The lowest BCUT2D eigenvalue weighted by molar-refractivity contribution is 0.120. The molecule has 0 aromatic carbocycles. The molecule has 1 atom stereocenters. The summed E-state index contributed by atoms with van der Waals surface area (Å²) in [4.78, 5) is 4.27. The second-order valence-electron chi connectivity index (χ2n) is 4.37. The highest BCUT2D eigenvalue weighted by atomic mass is 16.5. The van der Waals surface area contributed by atoms with E-state index in [0.717, 1.165) is 37.6 Å². The van der Waals surface area contributed by atoms with Gasteiger partial charge in [0.15, 0.2) is 0 Å². The predicted molar refractivity (Wildman–Crippen MR) is 70.5 cm³/mol. The number of nitrogens with zero attached hydrogens (tertiary/aromatic N) is 1. The van der Waals surface area contributed by atoms with Crippen molar-refractivity contribution in [3.63, 3.8) is 0 Å². The van der Waals surface area contributed by atoms with Crippen molar-refractivity contribution >= 4 is 11.5 Å². The summed E-state index contributed by atoms with van der Waals surface area (Å²) in [6.45, 7) is 4.90. The maximum Gasteiger partial charge on any atom is 0.127 e. The largest absolute Gasteiger partial charge is 0.382 e. The number of nitrogens with one attached hydrogen (secondary N) is 2. The lowest BCUT2D eigenvalue weighted by atomic mass is 10.2. The molecule has 4 nitrogen and oxygen atoms in total. The first-order valence-corrected chi connectivity index (χ1v) is 6.44. The molecular weight excluding hydrogens is 214 g/mol. The summed E-state index contributed by atoms with van der Waals surface area (Å²) in [6.07, 6.45) is 5.66. The van der Waals surface area contributed by atoms with Gasteiger partial charge in [0.25, 0.3) is 0 Å². The van der Waals surface area contributed by atoms with Crippen LogP contribution in [0.3, 0.4) is 0 Å². The number of hydrogen-bond donors (Lipinski definition) is 2. The zero-order chi connectivity index (χ0) is 11.9. The van der Waals surface area contributed by atoms with E-state index in [-0.39, 0.29) is 0 Å². The van der Waals surface area contributed by atoms with Gasteiger partial charge >= 0.3 is 0 Å². The van der Waals surface area contributed by atoms with Crippen molar-refractivity contribution in [1.29, 1.82) is 0 Å². The van der Waals surface area contributed by atoms with Gasteiger partial charge in [0, 0.05) is 37.6 Å². The van der Waals surface area contributed by atoms with Crippen LogP contribution in [0.2, 0.25) is 0 Å². The molecule has 2 heterocycles. The van der Waals surface area contributed by atoms with Crippen molar-refractivity contribution < 1.29 is 4.74 Å². The van der Waals surface area contributed by atoms with Gasteiger partial charge in [-0.1, -0.05) is 6.92 Å². The lowest BCUT2D eigenvalue weighted by Crippen LogP contribution is -2.18. The number of rotatable bonds is 6. The molecule has 0 saturated carbocycles. The second kappa shape index (κ2) is 6.45. The minimum absolute atomic E-state index is 0.371. The Hall–Kier alpha value is -1.29. The maximum absolute atomic E-state index is 5.58. The maximum atomic E-state index is 5.58. The van der Waals surface area contributed by atoms with Crippen molar-refractivity contribution in [1.82, 2.24) is 4.98 Å². The minimum Gasteiger partial charge on any atom is -0.382 e. The van der Waals surface area contributed by atoms with Gasteiger partial charge in [-0.15, -0.1) is 0 Å². The fourth-order valence-corrected chi connectivity index (χ4v) is 1.93. The summed E-state index contributed by atoms with van der Waals surface area (Å²) in [7, 11) is 0. The highest BCUT2D eigenvalue weighted by molar-refractivity contribution is 5.51. The average Bonchev–Trinajstić information content (AvgIpc) is 2.87. The Morgan fingerprint density at radius 1 is 1.47 bits per heavy atom. The molecule has 1 fully saturated rings. The van der Waals surface area contributed by atoms with Crippen LogP contribution in [0.5, 0.6) is 0 Å². The molecule has 1 aromatic rings. The first-order valence-electron chi connectivity index (χ1n) is 6.44. The van der Waals surface area contributed by atoms with Crippen molar-refractivity contribution in [2.24, 2.45) is 0 Å². The molecule has 2 N–H and O–H groups in total. The highest BCUT2D eigenvalue weighted by Crippen LogP contribution is 2.15. The molecule has 2 rings (SSSR count). The second-order valence-corrected chi connectivity index (χ2v) is 4.37. The molecule has 1 aromatic heterocycles. The number of anilines is 2. The zero-order valence-electron chi connectivity index (χ0n) is 10.4. The molecule has 4 heteroatoms. The third-order valence-electron chi connectivity index (χ3n) is 2.87. The molecular formula is C13H21N3O. The van der Waals surface area contributed by atoms with Gasteiger partial charge in [0.05, 0.1) is 6.10 Å². The molecule has 1 aliphatic heterocycles. The third kappa shape index (κ3) is 3.89. The normalized spacial score (nSPS) is 19.2. The smallest absolute Gasteiger partial charge is 0.127 e. The number of pyridine rings is 1. The van der Waals surface area contributed by atoms with Crippen LogP contribution in [-0.4, -0.2) is 30.8 Å². The summed E-state index contributed by atoms with van der Waals surface area (Å²) in [5, 5.41) is 6.68. The van der Waals surface area contributed by atoms with Crippen molar-refractivity contribution in [3.05, 3.63) is 18.3 Å². The number of hydrogen-bond acceptors (Lipinski definition) is 4. The van der Waals surface area contributed by atoms with E-state index < -0.39 is 0 Å². The standard InChI is InChI=1S/C13H21N3O/c1-2-6-14-13-9-11(5-7-15-13)16-10-12-4-3-8-17-12/h5,7,9,12H,2-4,6,8,10H2,1H3,(H2,14,15,16).